The Morgan fingerprint density at radius 3 is 1.65 bits per heavy atom. The minimum Gasteiger partial charge on any atom is -0.232 e. The highest BCUT2D eigenvalue weighted by Crippen LogP contribution is 2.31. The lowest BCUT2D eigenvalue weighted by Gasteiger charge is -2.35. The van der Waals surface area contributed by atoms with Crippen molar-refractivity contribution in [3.8, 4) is 0 Å². The van der Waals surface area contributed by atoms with Crippen LogP contribution in [-0.4, -0.2) is 11.7 Å². The van der Waals surface area contributed by atoms with E-state index >= 15 is 0 Å². The molecule has 0 aromatic heterocycles. The third kappa shape index (κ3) is 5.39. The van der Waals surface area contributed by atoms with Gasteiger partial charge in [-0.2, -0.15) is 0 Å². The van der Waals surface area contributed by atoms with Crippen LogP contribution in [0, 0.1) is 5.41 Å². The van der Waals surface area contributed by atoms with Gasteiger partial charge in [0.25, 0.3) is 0 Å². The van der Waals surface area contributed by atoms with Crippen LogP contribution in [0.5, 0.6) is 0 Å². The third-order valence-corrected chi connectivity index (χ3v) is 3.79. The highest BCUT2D eigenvalue weighted by atomic mass is 17.2. The molecule has 2 nitrogen and oxygen atoms in total. The van der Waals surface area contributed by atoms with Crippen molar-refractivity contribution in [1.29, 1.82) is 0 Å². The van der Waals surface area contributed by atoms with Crippen molar-refractivity contribution in [3.05, 3.63) is 0 Å². The molecular weight excluding hydrogens is 212 g/mol. The molecule has 0 saturated carbocycles. The summed E-state index contributed by atoms with van der Waals surface area (Å²) in [5.41, 5.74) is 0.0359. The standard InChI is InChI=1S/C15H32O2/c1-8-12-13(14(5,6)7)16-17-15(9-2,10-3)11-4/h13H,8-12H2,1-7H3. The molecule has 0 aromatic carbocycles. The summed E-state index contributed by atoms with van der Waals surface area (Å²) in [6.07, 6.45) is 5.37. The molecule has 0 amide bonds. The number of hydrogen-bond acceptors (Lipinski definition) is 2. The fourth-order valence-corrected chi connectivity index (χ4v) is 1.97. The van der Waals surface area contributed by atoms with Crippen molar-refractivity contribution in [1.82, 2.24) is 0 Å². The van der Waals surface area contributed by atoms with Gasteiger partial charge in [0.05, 0.1) is 6.10 Å². The lowest BCUT2D eigenvalue weighted by Crippen LogP contribution is -2.36. The maximum absolute atomic E-state index is 5.82. The molecule has 0 spiro atoms. The highest BCUT2D eigenvalue weighted by Gasteiger charge is 2.31. The second-order valence-corrected chi connectivity index (χ2v) is 6.07. The molecule has 0 aliphatic rings. The number of rotatable bonds is 8. The lowest BCUT2D eigenvalue weighted by molar-refractivity contribution is -0.399. The van der Waals surface area contributed by atoms with Crippen molar-refractivity contribution >= 4 is 0 Å². The van der Waals surface area contributed by atoms with Gasteiger partial charge in [-0.05, 0) is 31.1 Å². The first-order chi connectivity index (χ1) is 7.85. The van der Waals surface area contributed by atoms with E-state index in [-0.39, 0.29) is 17.1 Å². The van der Waals surface area contributed by atoms with E-state index in [9.17, 15) is 0 Å². The molecule has 0 bridgehead atoms. The SMILES string of the molecule is CCCC(OOC(CC)(CC)CC)C(C)(C)C. The highest BCUT2D eigenvalue weighted by molar-refractivity contribution is 4.76. The van der Waals surface area contributed by atoms with E-state index < -0.39 is 0 Å². The van der Waals surface area contributed by atoms with Crippen molar-refractivity contribution in [2.24, 2.45) is 5.41 Å². The van der Waals surface area contributed by atoms with Gasteiger partial charge in [0.1, 0.15) is 5.60 Å². The molecule has 0 saturated heterocycles. The summed E-state index contributed by atoms with van der Waals surface area (Å²) in [7, 11) is 0. The minimum absolute atomic E-state index is 0.1000. The normalized spacial score (nSPS) is 15.0. The molecule has 104 valence electrons. The van der Waals surface area contributed by atoms with Crippen molar-refractivity contribution in [2.75, 3.05) is 0 Å². The molecule has 0 rings (SSSR count). The van der Waals surface area contributed by atoms with E-state index in [1.54, 1.807) is 0 Å². The van der Waals surface area contributed by atoms with E-state index in [4.69, 9.17) is 9.78 Å². The Balaban J connectivity index is 4.47. The molecule has 0 fully saturated rings. The van der Waals surface area contributed by atoms with Crippen LogP contribution in [0.15, 0.2) is 0 Å². The molecule has 1 unspecified atom stereocenters. The lowest BCUT2D eigenvalue weighted by atomic mass is 9.86. The summed E-state index contributed by atoms with van der Waals surface area (Å²) in [4.78, 5) is 11.6. The third-order valence-electron chi connectivity index (χ3n) is 3.79. The molecule has 2 heteroatoms. The number of hydrogen-bond donors (Lipinski definition) is 0. The second-order valence-electron chi connectivity index (χ2n) is 6.07. The van der Waals surface area contributed by atoms with Gasteiger partial charge in [-0.15, -0.1) is 0 Å². The molecule has 0 aliphatic carbocycles. The molecule has 0 radical (unpaired) electrons. The fourth-order valence-electron chi connectivity index (χ4n) is 1.97. The van der Waals surface area contributed by atoms with Crippen molar-refractivity contribution < 1.29 is 9.78 Å². The van der Waals surface area contributed by atoms with Gasteiger partial charge >= 0.3 is 0 Å². The Bertz CT molecular complexity index is 181. The van der Waals surface area contributed by atoms with Crippen LogP contribution in [0.25, 0.3) is 0 Å². The molecule has 1 atom stereocenters. The van der Waals surface area contributed by atoms with E-state index in [1.165, 1.54) is 0 Å². The van der Waals surface area contributed by atoms with E-state index in [0.717, 1.165) is 32.1 Å². The van der Waals surface area contributed by atoms with Crippen LogP contribution in [0.4, 0.5) is 0 Å². The topological polar surface area (TPSA) is 18.5 Å². The zero-order valence-electron chi connectivity index (χ0n) is 12.9. The van der Waals surface area contributed by atoms with Crippen LogP contribution >= 0.6 is 0 Å². The van der Waals surface area contributed by atoms with E-state index in [2.05, 4.69) is 48.5 Å². The van der Waals surface area contributed by atoms with E-state index in [0.29, 0.717) is 0 Å². The average molecular weight is 244 g/mol. The largest absolute Gasteiger partial charge is 0.232 e. The van der Waals surface area contributed by atoms with Crippen LogP contribution in [0.3, 0.4) is 0 Å². The minimum atomic E-state index is -0.1000. The van der Waals surface area contributed by atoms with Gasteiger partial charge in [-0.3, -0.25) is 0 Å². The Morgan fingerprint density at radius 2 is 1.35 bits per heavy atom. The van der Waals surface area contributed by atoms with Gasteiger partial charge in [-0.25, -0.2) is 9.78 Å². The smallest absolute Gasteiger partial charge is 0.103 e. The summed E-state index contributed by atoms with van der Waals surface area (Å²) >= 11 is 0. The monoisotopic (exact) mass is 244 g/mol. The summed E-state index contributed by atoms with van der Waals surface area (Å²) in [6, 6.07) is 0. The van der Waals surface area contributed by atoms with Crippen LogP contribution in [-0.2, 0) is 9.78 Å². The van der Waals surface area contributed by atoms with Crippen LogP contribution in [0.2, 0.25) is 0 Å². The Hall–Kier alpha value is -0.0800. The van der Waals surface area contributed by atoms with Crippen LogP contribution < -0.4 is 0 Å². The molecule has 0 aliphatic heterocycles. The fraction of sp³-hybridized carbons (Fsp3) is 1.00. The predicted molar refractivity (Wildman–Crippen MR) is 73.9 cm³/mol. The predicted octanol–water partition coefficient (Wildman–Crippen LogP) is 5.12. The van der Waals surface area contributed by atoms with E-state index in [1.807, 2.05) is 0 Å². The Kier molecular flexibility index (Phi) is 7.34. The second kappa shape index (κ2) is 7.38. The van der Waals surface area contributed by atoms with Gasteiger partial charge < -0.3 is 0 Å². The van der Waals surface area contributed by atoms with Gasteiger partial charge in [-0.1, -0.05) is 54.9 Å². The summed E-state index contributed by atoms with van der Waals surface area (Å²) < 4.78 is 0. The maximum Gasteiger partial charge on any atom is 0.103 e. The zero-order chi connectivity index (χ0) is 13.5. The van der Waals surface area contributed by atoms with Crippen molar-refractivity contribution in [3.63, 3.8) is 0 Å². The Labute approximate surface area is 108 Å². The first-order valence-corrected chi connectivity index (χ1v) is 7.19. The zero-order valence-corrected chi connectivity index (χ0v) is 12.9. The first-order valence-electron chi connectivity index (χ1n) is 7.19. The first kappa shape index (κ1) is 16.9. The van der Waals surface area contributed by atoms with Gasteiger partial charge in [0.2, 0.25) is 0 Å². The Morgan fingerprint density at radius 1 is 0.882 bits per heavy atom. The molecule has 17 heavy (non-hydrogen) atoms. The average Bonchev–Trinajstić information content (AvgIpc) is 2.28. The van der Waals surface area contributed by atoms with Gasteiger partial charge in [0.15, 0.2) is 0 Å². The summed E-state index contributed by atoms with van der Waals surface area (Å²) in [6.45, 7) is 15.3. The quantitative estimate of drug-likeness (QED) is 0.436. The maximum atomic E-state index is 5.82. The molecule has 0 heterocycles. The summed E-state index contributed by atoms with van der Waals surface area (Å²) in [5, 5.41) is 0. The molecule has 0 aromatic rings. The molecular formula is C15H32O2. The molecule has 0 N–H and O–H groups in total. The summed E-state index contributed by atoms with van der Waals surface area (Å²) in [5.74, 6) is 0. The van der Waals surface area contributed by atoms with Crippen molar-refractivity contribution in [2.45, 2.75) is 92.3 Å². The van der Waals surface area contributed by atoms with Gasteiger partial charge in [0, 0.05) is 0 Å². The van der Waals surface area contributed by atoms with Crippen LogP contribution in [0.1, 0.15) is 80.6 Å².